The van der Waals surface area contributed by atoms with E-state index < -0.39 is 0 Å². The molecule has 0 aliphatic carbocycles. The second-order valence-corrected chi connectivity index (χ2v) is 9.27. The third kappa shape index (κ3) is 4.18. The predicted molar refractivity (Wildman–Crippen MR) is 106 cm³/mol. The Labute approximate surface area is 152 Å². The van der Waals surface area contributed by atoms with Gasteiger partial charge in [0.15, 0.2) is 0 Å². The zero-order valence-corrected chi connectivity index (χ0v) is 16.9. The van der Waals surface area contributed by atoms with Gasteiger partial charge >= 0.3 is 0 Å². The number of rotatable bonds is 2. The molecule has 0 unspecified atom stereocenters. The molecule has 0 amide bonds. The van der Waals surface area contributed by atoms with Gasteiger partial charge in [0, 0.05) is 0 Å². The molecule has 0 radical (unpaired) electrons. The fourth-order valence-electron chi connectivity index (χ4n) is 3.41. The molecule has 0 aliphatic rings. The summed E-state index contributed by atoms with van der Waals surface area (Å²) in [7, 11) is 0. The molecule has 2 aromatic carbocycles. The van der Waals surface area contributed by atoms with Crippen molar-refractivity contribution >= 4 is 0 Å². The van der Waals surface area contributed by atoms with Crippen molar-refractivity contribution in [2.45, 2.75) is 72.6 Å². The highest BCUT2D eigenvalue weighted by Gasteiger charge is 2.23. The summed E-state index contributed by atoms with van der Waals surface area (Å²) in [6, 6.07) is 8.03. The van der Waals surface area contributed by atoms with E-state index in [1.54, 1.807) is 0 Å². The first-order valence-corrected chi connectivity index (χ1v) is 8.96. The average molecular weight is 341 g/mol. The van der Waals surface area contributed by atoms with Crippen LogP contribution in [0, 0.1) is 13.8 Å². The highest BCUT2D eigenvalue weighted by Crippen LogP contribution is 2.36. The smallest absolute Gasteiger partial charge is 0.118 e. The minimum Gasteiger partial charge on any atom is -0.508 e. The van der Waals surface area contributed by atoms with Gasteiger partial charge in [-0.05, 0) is 76.6 Å². The molecule has 0 spiro atoms. The van der Waals surface area contributed by atoms with E-state index in [1.165, 1.54) is 22.3 Å². The molecule has 2 N–H and O–H groups in total. The van der Waals surface area contributed by atoms with E-state index in [4.69, 9.17) is 0 Å². The minimum atomic E-state index is -0.0472. The number of aromatic hydroxyl groups is 2. The Balaban J connectivity index is 2.65. The van der Waals surface area contributed by atoms with Gasteiger partial charge in [-0.25, -0.2) is 0 Å². The van der Waals surface area contributed by atoms with Crippen LogP contribution in [0.4, 0.5) is 0 Å². The Morgan fingerprint density at radius 1 is 0.640 bits per heavy atom. The molecule has 2 rings (SSSR count). The first-order chi connectivity index (χ1) is 11.3. The lowest BCUT2D eigenvalue weighted by Gasteiger charge is -2.27. The minimum absolute atomic E-state index is 0.0472. The molecule has 0 fully saturated rings. The number of aryl methyl sites for hydroxylation is 2. The zero-order valence-electron chi connectivity index (χ0n) is 16.9. The summed E-state index contributed by atoms with van der Waals surface area (Å²) < 4.78 is 0. The highest BCUT2D eigenvalue weighted by atomic mass is 16.3. The topological polar surface area (TPSA) is 40.5 Å². The lowest BCUT2D eigenvalue weighted by atomic mass is 9.78. The molecule has 0 heterocycles. The van der Waals surface area contributed by atoms with Crippen LogP contribution in [-0.2, 0) is 17.3 Å². The van der Waals surface area contributed by atoms with Crippen LogP contribution in [0.2, 0.25) is 0 Å². The number of phenols is 2. The summed E-state index contributed by atoms with van der Waals surface area (Å²) in [5.74, 6) is 0.707. The van der Waals surface area contributed by atoms with Crippen LogP contribution in [0.5, 0.6) is 11.5 Å². The van der Waals surface area contributed by atoms with Crippen molar-refractivity contribution in [1.29, 1.82) is 0 Å². The number of phenolic OH excluding ortho intramolecular Hbond substituents is 2. The second kappa shape index (κ2) is 6.40. The highest BCUT2D eigenvalue weighted by molar-refractivity contribution is 5.50. The molecule has 0 saturated heterocycles. The second-order valence-electron chi connectivity index (χ2n) is 9.27. The van der Waals surface area contributed by atoms with Gasteiger partial charge in [-0.15, -0.1) is 0 Å². The van der Waals surface area contributed by atoms with Gasteiger partial charge in [-0.1, -0.05) is 53.7 Å². The lowest BCUT2D eigenvalue weighted by molar-refractivity contribution is 0.465. The molecule has 0 aromatic heterocycles. The largest absolute Gasteiger partial charge is 0.508 e. The first-order valence-electron chi connectivity index (χ1n) is 8.96. The van der Waals surface area contributed by atoms with Gasteiger partial charge in [-0.2, -0.15) is 0 Å². The maximum Gasteiger partial charge on any atom is 0.118 e. The van der Waals surface area contributed by atoms with Crippen LogP contribution in [0.25, 0.3) is 0 Å². The van der Waals surface area contributed by atoms with E-state index in [2.05, 4.69) is 53.7 Å². The first kappa shape index (κ1) is 19.4. The van der Waals surface area contributed by atoms with Crippen molar-refractivity contribution in [2.24, 2.45) is 0 Å². The lowest BCUT2D eigenvalue weighted by Crippen LogP contribution is -2.17. The van der Waals surface area contributed by atoms with Crippen molar-refractivity contribution in [1.82, 2.24) is 0 Å². The fourth-order valence-corrected chi connectivity index (χ4v) is 3.41. The Morgan fingerprint density at radius 3 is 1.24 bits per heavy atom. The molecular formula is C23H32O2. The summed E-state index contributed by atoms with van der Waals surface area (Å²) in [5.41, 5.74) is 6.51. The standard InChI is InChI=1S/C23H32O2/c1-14-9-16(18(12-20(14)24)22(3,4)5)11-17-10-15(2)21(25)13-19(17)23(6,7)8/h9-10,12-13,24-25H,11H2,1-8H3. The summed E-state index contributed by atoms with van der Waals surface area (Å²) in [6.45, 7) is 16.9. The van der Waals surface area contributed by atoms with Crippen LogP contribution >= 0.6 is 0 Å². The Hall–Kier alpha value is -1.96. The van der Waals surface area contributed by atoms with Crippen LogP contribution in [0.1, 0.15) is 74.9 Å². The maximum atomic E-state index is 10.2. The number of hydrogen-bond acceptors (Lipinski definition) is 2. The molecule has 0 atom stereocenters. The van der Waals surface area contributed by atoms with Crippen molar-refractivity contribution in [2.75, 3.05) is 0 Å². The Morgan fingerprint density at radius 2 is 0.960 bits per heavy atom. The van der Waals surface area contributed by atoms with Crippen LogP contribution in [0.3, 0.4) is 0 Å². The number of hydrogen-bond donors (Lipinski definition) is 2. The summed E-state index contributed by atoms with van der Waals surface area (Å²) in [6.07, 6.45) is 0.793. The van der Waals surface area contributed by atoms with Gasteiger partial charge in [-0.3, -0.25) is 0 Å². The van der Waals surface area contributed by atoms with Gasteiger partial charge in [0.1, 0.15) is 11.5 Å². The molecule has 2 nitrogen and oxygen atoms in total. The van der Waals surface area contributed by atoms with E-state index in [0.717, 1.165) is 17.5 Å². The molecule has 2 aromatic rings. The molecule has 25 heavy (non-hydrogen) atoms. The third-order valence-corrected chi connectivity index (χ3v) is 4.84. The molecular weight excluding hydrogens is 308 g/mol. The average Bonchev–Trinajstić information content (AvgIpc) is 2.43. The summed E-state index contributed by atoms with van der Waals surface area (Å²) in [4.78, 5) is 0. The van der Waals surface area contributed by atoms with Crippen molar-refractivity contribution < 1.29 is 10.2 Å². The normalized spacial score (nSPS) is 12.5. The van der Waals surface area contributed by atoms with Gasteiger partial charge in [0.05, 0.1) is 0 Å². The Kier molecular flexibility index (Phi) is 4.96. The molecule has 2 heteroatoms. The van der Waals surface area contributed by atoms with E-state index in [1.807, 2.05) is 26.0 Å². The van der Waals surface area contributed by atoms with E-state index in [9.17, 15) is 10.2 Å². The zero-order chi connectivity index (χ0) is 19.2. The van der Waals surface area contributed by atoms with Crippen molar-refractivity contribution in [3.8, 4) is 11.5 Å². The Bertz CT molecular complexity index is 720. The molecule has 0 aliphatic heterocycles. The third-order valence-electron chi connectivity index (χ3n) is 4.84. The SMILES string of the molecule is Cc1cc(Cc2cc(C)c(O)cc2C(C)(C)C)c(C(C)(C)C)cc1O. The van der Waals surface area contributed by atoms with Crippen LogP contribution < -0.4 is 0 Å². The van der Waals surface area contributed by atoms with Crippen molar-refractivity contribution in [3.63, 3.8) is 0 Å². The summed E-state index contributed by atoms with van der Waals surface area (Å²) in [5, 5.41) is 20.4. The quantitative estimate of drug-likeness (QED) is 0.714. The summed E-state index contributed by atoms with van der Waals surface area (Å²) >= 11 is 0. The van der Waals surface area contributed by atoms with Gasteiger partial charge < -0.3 is 10.2 Å². The molecule has 136 valence electrons. The van der Waals surface area contributed by atoms with E-state index in [0.29, 0.717) is 11.5 Å². The fraction of sp³-hybridized carbons (Fsp3) is 0.478. The van der Waals surface area contributed by atoms with Crippen LogP contribution in [-0.4, -0.2) is 10.2 Å². The van der Waals surface area contributed by atoms with Gasteiger partial charge in [0.25, 0.3) is 0 Å². The predicted octanol–water partition coefficient (Wildman–Crippen LogP) is 5.90. The van der Waals surface area contributed by atoms with E-state index in [-0.39, 0.29) is 10.8 Å². The van der Waals surface area contributed by atoms with Crippen molar-refractivity contribution in [3.05, 3.63) is 57.6 Å². The van der Waals surface area contributed by atoms with Gasteiger partial charge in [0.2, 0.25) is 0 Å². The van der Waals surface area contributed by atoms with E-state index >= 15 is 0 Å². The maximum absolute atomic E-state index is 10.2. The monoisotopic (exact) mass is 340 g/mol. The van der Waals surface area contributed by atoms with Crippen LogP contribution in [0.15, 0.2) is 24.3 Å². The molecule has 0 bridgehead atoms. The molecule has 0 saturated carbocycles. The number of benzene rings is 2.